The van der Waals surface area contributed by atoms with Gasteiger partial charge in [-0.05, 0) is 86.8 Å². The van der Waals surface area contributed by atoms with Crippen LogP contribution in [0.15, 0.2) is 108 Å². The largest absolute Gasteiger partial charge is 0.494 e. The molecule has 0 aromatic heterocycles. The van der Waals surface area contributed by atoms with Gasteiger partial charge in [-0.25, -0.2) is 12.8 Å². The van der Waals surface area contributed by atoms with Crippen molar-refractivity contribution in [1.82, 2.24) is 10.2 Å². The van der Waals surface area contributed by atoms with E-state index in [1.807, 2.05) is 82.3 Å². The molecule has 0 radical (unpaired) electrons. The number of amides is 2. The average molecular weight is 660 g/mol. The van der Waals surface area contributed by atoms with Crippen molar-refractivity contribution in [2.45, 2.75) is 64.1 Å². The Morgan fingerprint density at radius 1 is 0.851 bits per heavy atom. The SMILES string of the molecule is CCOc1ccc(S(=O)(=O)N(CC(=O)N(Cc2ccc(C)cc2)[C@@H](Cc2ccccc2)C(=O)N[C@@H](C)CC)c2ccc(F)cc2)cc1. The van der Waals surface area contributed by atoms with E-state index in [9.17, 15) is 22.4 Å². The van der Waals surface area contributed by atoms with Crippen molar-refractivity contribution in [1.29, 1.82) is 0 Å². The molecule has 248 valence electrons. The highest BCUT2D eigenvalue weighted by atomic mass is 32.2. The van der Waals surface area contributed by atoms with Crippen LogP contribution in [-0.4, -0.2) is 50.4 Å². The molecule has 0 saturated carbocycles. The Bertz CT molecular complexity index is 1720. The zero-order valence-electron chi connectivity index (χ0n) is 27.2. The molecule has 0 heterocycles. The molecule has 4 aromatic carbocycles. The van der Waals surface area contributed by atoms with Crippen molar-refractivity contribution in [3.63, 3.8) is 0 Å². The second kappa shape index (κ2) is 16.2. The van der Waals surface area contributed by atoms with E-state index in [4.69, 9.17) is 4.74 Å². The number of aryl methyl sites for hydroxylation is 1. The van der Waals surface area contributed by atoms with Crippen molar-refractivity contribution in [3.8, 4) is 5.75 Å². The predicted octanol–water partition coefficient (Wildman–Crippen LogP) is 6.28. The Hall–Kier alpha value is -4.70. The van der Waals surface area contributed by atoms with E-state index in [1.165, 1.54) is 29.2 Å². The number of nitrogens with one attached hydrogen (secondary N) is 1. The first-order valence-electron chi connectivity index (χ1n) is 15.7. The molecule has 2 atom stereocenters. The van der Waals surface area contributed by atoms with E-state index < -0.39 is 34.3 Å². The summed E-state index contributed by atoms with van der Waals surface area (Å²) >= 11 is 0. The van der Waals surface area contributed by atoms with Crippen molar-refractivity contribution in [3.05, 3.63) is 126 Å². The fourth-order valence-corrected chi connectivity index (χ4v) is 6.44. The highest BCUT2D eigenvalue weighted by Gasteiger charge is 2.35. The van der Waals surface area contributed by atoms with E-state index in [1.54, 1.807) is 12.1 Å². The lowest BCUT2D eigenvalue weighted by Crippen LogP contribution is -2.54. The Labute approximate surface area is 277 Å². The number of hydrogen-bond acceptors (Lipinski definition) is 5. The van der Waals surface area contributed by atoms with Crippen LogP contribution in [0.4, 0.5) is 10.1 Å². The van der Waals surface area contributed by atoms with Gasteiger partial charge in [0.05, 0.1) is 17.2 Å². The predicted molar refractivity (Wildman–Crippen MR) is 182 cm³/mol. The third-order valence-electron chi connectivity index (χ3n) is 7.86. The summed E-state index contributed by atoms with van der Waals surface area (Å²) in [5.41, 5.74) is 2.76. The Morgan fingerprint density at radius 2 is 1.49 bits per heavy atom. The van der Waals surface area contributed by atoms with Gasteiger partial charge in [0.15, 0.2) is 0 Å². The van der Waals surface area contributed by atoms with E-state index in [2.05, 4.69) is 5.32 Å². The van der Waals surface area contributed by atoms with Gasteiger partial charge >= 0.3 is 0 Å². The molecule has 47 heavy (non-hydrogen) atoms. The van der Waals surface area contributed by atoms with Crippen LogP contribution in [0.3, 0.4) is 0 Å². The molecule has 0 aliphatic heterocycles. The van der Waals surface area contributed by atoms with Crippen molar-refractivity contribution < 1.29 is 27.1 Å². The van der Waals surface area contributed by atoms with Gasteiger partial charge in [0.2, 0.25) is 11.8 Å². The number of carbonyl (C=O) groups excluding carboxylic acids is 2. The second-order valence-electron chi connectivity index (χ2n) is 11.4. The molecule has 1 N–H and O–H groups in total. The Morgan fingerprint density at radius 3 is 2.09 bits per heavy atom. The van der Waals surface area contributed by atoms with E-state index in [0.29, 0.717) is 18.8 Å². The summed E-state index contributed by atoms with van der Waals surface area (Å²) in [5, 5.41) is 3.02. The fraction of sp³-hybridized carbons (Fsp3) is 0.297. The van der Waals surface area contributed by atoms with E-state index in [0.717, 1.165) is 33.1 Å². The molecule has 0 aliphatic carbocycles. The Kier molecular flexibility index (Phi) is 12.1. The average Bonchev–Trinajstić information content (AvgIpc) is 3.07. The topological polar surface area (TPSA) is 96.0 Å². The summed E-state index contributed by atoms with van der Waals surface area (Å²) in [6.45, 7) is 7.47. The van der Waals surface area contributed by atoms with Crippen molar-refractivity contribution in [2.75, 3.05) is 17.5 Å². The van der Waals surface area contributed by atoms with Crippen LogP contribution < -0.4 is 14.4 Å². The van der Waals surface area contributed by atoms with Crippen molar-refractivity contribution in [2.24, 2.45) is 0 Å². The van der Waals surface area contributed by atoms with Gasteiger partial charge in [0.25, 0.3) is 10.0 Å². The van der Waals surface area contributed by atoms with Gasteiger partial charge in [-0.2, -0.15) is 0 Å². The lowest BCUT2D eigenvalue weighted by Gasteiger charge is -2.34. The maximum absolute atomic E-state index is 14.5. The van der Waals surface area contributed by atoms with Crippen LogP contribution in [-0.2, 0) is 32.6 Å². The smallest absolute Gasteiger partial charge is 0.264 e. The fourth-order valence-electron chi connectivity index (χ4n) is 5.02. The number of benzene rings is 4. The van der Waals surface area contributed by atoms with Gasteiger partial charge in [-0.3, -0.25) is 13.9 Å². The number of sulfonamides is 1. The highest BCUT2D eigenvalue weighted by Crippen LogP contribution is 2.27. The number of anilines is 1. The number of ether oxygens (including phenoxy) is 1. The molecule has 10 heteroatoms. The normalized spacial score (nSPS) is 12.5. The molecular formula is C37H42FN3O5S. The number of hydrogen-bond donors (Lipinski definition) is 1. The summed E-state index contributed by atoms with van der Waals surface area (Å²) in [6, 6.07) is 26.7. The first-order valence-corrected chi connectivity index (χ1v) is 17.2. The van der Waals surface area contributed by atoms with Crippen LogP contribution in [0.2, 0.25) is 0 Å². The Balaban J connectivity index is 1.79. The number of halogens is 1. The summed E-state index contributed by atoms with van der Waals surface area (Å²) in [6.07, 6.45) is 0.900. The molecule has 0 aliphatic rings. The van der Waals surface area contributed by atoms with E-state index in [-0.39, 0.29) is 35.5 Å². The van der Waals surface area contributed by atoms with Gasteiger partial charge in [0, 0.05) is 19.0 Å². The molecule has 0 bridgehead atoms. The number of nitrogens with zero attached hydrogens (tertiary/aromatic N) is 2. The van der Waals surface area contributed by atoms with Crippen LogP contribution in [0.25, 0.3) is 0 Å². The van der Waals surface area contributed by atoms with Gasteiger partial charge < -0.3 is 15.0 Å². The second-order valence-corrected chi connectivity index (χ2v) is 13.3. The third kappa shape index (κ3) is 9.42. The lowest BCUT2D eigenvalue weighted by atomic mass is 10.0. The van der Waals surface area contributed by atoms with Gasteiger partial charge in [0.1, 0.15) is 24.2 Å². The molecule has 2 amide bonds. The van der Waals surface area contributed by atoms with Crippen molar-refractivity contribution >= 4 is 27.5 Å². The monoisotopic (exact) mass is 659 g/mol. The van der Waals surface area contributed by atoms with E-state index >= 15 is 0 Å². The minimum absolute atomic E-state index is 0.0604. The number of carbonyl (C=O) groups is 2. The summed E-state index contributed by atoms with van der Waals surface area (Å²) in [7, 11) is -4.33. The molecule has 8 nitrogen and oxygen atoms in total. The van der Waals surface area contributed by atoms with Crippen LogP contribution >= 0.6 is 0 Å². The summed E-state index contributed by atoms with van der Waals surface area (Å²) in [4.78, 5) is 29.8. The van der Waals surface area contributed by atoms with Gasteiger partial charge in [-0.15, -0.1) is 0 Å². The first kappa shape index (κ1) is 35.2. The standard InChI is InChI=1S/C37H42FN3O5S/c1-5-28(4)39-37(43)35(24-29-10-8-7-9-11-29)40(25-30-14-12-27(3)13-15-30)36(42)26-41(32-18-16-31(38)17-19-32)47(44,45)34-22-20-33(21-23-34)46-6-2/h7-23,28,35H,5-6,24-26H2,1-4H3,(H,39,43)/t28-,35-/m0/s1. The highest BCUT2D eigenvalue weighted by molar-refractivity contribution is 7.92. The molecule has 0 unspecified atom stereocenters. The summed E-state index contributed by atoms with van der Waals surface area (Å²) in [5.74, 6) is -0.989. The molecular weight excluding hydrogens is 617 g/mol. The molecule has 4 aromatic rings. The van der Waals surface area contributed by atoms with Crippen LogP contribution in [0.5, 0.6) is 5.75 Å². The molecule has 0 saturated heterocycles. The summed E-state index contributed by atoms with van der Waals surface area (Å²) < 4.78 is 48.7. The van der Waals surface area contributed by atoms with Gasteiger partial charge in [-0.1, -0.05) is 67.1 Å². The minimum atomic E-state index is -4.33. The molecule has 4 rings (SSSR count). The number of rotatable bonds is 15. The third-order valence-corrected chi connectivity index (χ3v) is 9.65. The first-order chi connectivity index (χ1) is 22.5. The molecule has 0 fully saturated rings. The zero-order chi connectivity index (χ0) is 34.0. The molecule has 0 spiro atoms. The maximum atomic E-state index is 14.5. The maximum Gasteiger partial charge on any atom is 0.264 e. The minimum Gasteiger partial charge on any atom is -0.494 e. The quantitative estimate of drug-likeness (QED) is 0.162. The lowest BCUT2D eigenvalue weighted by molar-refractivity contribution is -0.140. The van der Waals surface area contributed by atoms with Crippen LogP contribution in [0.1, 0.15) is 43.9 Å². The zero-order valence-corrected chi connectivity index (χ0v) is 28.0. The van der Waals surface area contributed by atoms with Crippen LogP contribution in [0, 0.1) is 12.7 Å².